The summed E-state index contributed by atoms with van der Waals surface area (Å²) < 4.78 is 10.8. The number of benzene rings is 3. The summed E-state index contributed by atoms with van der Waals surface area (Å²) in [6.07, 6.45) is 0. The smallest absolute Gasteiger partial charge is 0.174 e. The van der Waals surface area contributed by atoms with Gasteiger partial charge in [0.15, 0.2) is 5.11 Å². The zero-order valence-corrected chi connectivity index (χ0v) is 18.5. The second-order valence-corrected chi connectivity index (χ2v) is 7.40. The number of anilines is 1. The molecule has 0 unspecified atom stereocenters. The Morgan fingerprint density at radius 2 is 1.57 bits per heavy atom. The van der Waals surface area contributed by atoms with Gasteiger partial charge in [-0.05, 0) is 79.2 Å². The lowest BCUT2D eigenvalue weighted by Gasteiger charge is -2.27. The maximum absolute atomic E-state index is 5.79. The van der Waals surface area contributed by atoms with Gasteiger partial charge < -0.3 is 19.7 Å². The summed E-state index contributed by atoms with van der Waals surface area (Å²) in [4.78, 5) is 2.18. The van der Waals surface area contributed by atoms with E-state index in [0.29, 0.717) is 18.3 Å². The van der Waals surface area contributed by atoms with Crippen LogP contribution >= 0.6 is 12.2 Å². The van der Waals surface area contributed by atoms with Crippen LogP contribution in [0.4, 0.5) is 5.69 Å². The Hall–Kier alpha value is -3.05. The molecule has 1 N–H and O–H groups in total. The van der Waals surface area contributed by atoms with Crippen molar-refractivity contribution in [3.8, 4) is 11.5 Å². The van der Waals surface area contributed by atoms with Gasteiger partial charge in [0.1, 0.15) is 11.5 Å². The molecule has 0 aromatic heterocycles. The van der Waals surface area contributed by atoms with Crippen LogP contribution in [0.1, 0.15) is 23.6 Å². The Labute approximate surface area is 184 Å². The summed E-state index contributed by atoms with van der Waals surface area (Å²) in [7, 11) is 1.68. The predicted molar refractivity (Wildman–Crippen MR) is 127 cm³/mol. The van der Waals surface area contributed by atoms with E-state index in [1.807, 2.05) is 43.3 Å². The second kappa shape index (κ2) is 10.6. The molecule has 156 valence electrons. The monoisotopic (exact) mass is 420 g/mol. The number of nitrogens with one attached hydrogen (secondary N) is 1. The first-order valence-electron chi connectivity index (χ1n) is 10.0. The molecule has 0 saturated carbocycles. The van der Waals surface area contributed by atoms with Crippen LogP contribution in [0.2, 0.25) is 0 Å². The van der Waals surface area contributed by atoms with Crippen molar-refractivity contribution in [1.29, 1.82) is 0 Å². The van der Waals surface area contributed by atoms with E-state index in [-0.39, 0.29) is 0 Å². The molecule has 0 bridgehead atoms. The molecule has 0 aliphatic heterocycles. The van der Waals surface area contributed by atoms with Crippen LogP contribution in [0.3, 0.4) is 0 Å². The first-order chi connectivity index (χ1) is 14.6. The van der Waals surface area contributed by atoms with Crippen LogP contribution in [0.15, 0.2) is 72.8 Å². The van der Waals surface area contributed by atoms with E-state index in [2.05, 4.69) is 53.5 Å². The number of thiocarbonyl (C=S) groups is 1. The van der Waals surface area contributed by atoms with Crippen molar-refractivity contribution in [3.05, 3.63) is 89.5 Å². The van der Waals surface area contributed by atoms with Crippen LogP contribution in [-0.2, 0) is 13.1 Å². The topological polar surface area (TPSA) is 33.7 Å². The molecule has 0 aliphatic rings. The highest BCUT2D eigenvalue weighted by atomic mass is 32.1. The molecule has 3 aromatic rings. The fourth-order valence-corrected chi connectivity index (χ4v) is 3.39. The summed E-state index contributed by atoms with van der Waals surface area (Å²) in [5.41, 5.74) is 4.61. The zero-order valence-electron chi connectivity index (χ0n) is 17.7. The Bertz CT molecular complexity index is 956. The van der Waals surface area contributed by atoms with E-state index in [1.165, 1.54) is 16.7 Å². The fourth-order valence-electron chi connectivity index (χ4n) is 3.15. The number of aryl methyl sites for hydroxylation is 1. The Balaban J connectivity index is 1.77. The zero-order chi connectivity index (χ0) is 21.3. The van der Waals surface area contributed by atoms with E-state index < -0.39 is 0 Å². The van der Waals surface area contributed by atoms with E-state index in [4.69, 9.17) is 21.7 Å². The summed E-state index contributed by atoms with van der Waals surface area (Å²) in [6.45, 7) is 6.17. The third-order valence-electron chi connectivity index (χ3n) is 4.86. The molecule has 3 aromatic carbocycles. The van der Waals surface area contributed by atoms with Crippen LogP contribution in [0, 0.1) is 6.92 Å². The minimum Gasteiger partial charge on any atom is -0.497 e. The first kappa shape index (κ1) is 21.7. The van der Waals surface area contributed by atoms with Crippen molar-refractivity contribution >= 4 is 23.0 Å². The predicted octanol–water partition coefficient (Wildman–Crippen LogP) is 5.80. The van der Waals surface area contributed by atoms with Crippen molar-refractivity contribution in [2.75, 3.05) is 19.0 Å². The minimum atomic E-state index is 0.650. The lowest BCUT2D eigenvalue weighted by atomic mass is 10.1. The minimum absolute atomic E-state index is 0.650. The van der Waals surface area contributed by atoms with E-state index in [9.17, 15) is 0 Å². The number of rotatable bonds is 8. The van der Waals surface area contributed by atoms with Crippen LogP contribution in [-0.4, -0.2) is 23.7 Å². The Morgan fingerprint density at radius 1 is 0.900 bits per heavy atom. The molecule has 0 heterocycles. The average Bonchev–Trinajstić information content (AvgIpc) is 2.77. The summed E-state index contributed by atoms with van der Waals surface area (Å²) >= 11 is 5.79. The molecule has 0 spiro atoms. The maximum atomic E-state index is 5.79. The average molecular weight is 421 g/mol. The van der Waals surface area contributed by atoms with Gasteiger partial charge in [-0.2, -0.15) is 0 Å². The Morgan fingerprint density at radius 3 is 2.20 bits per heavy atom. The van der Waals surface area contributed by atoms with E-state index in [1.54, 1.807) is 7.11 Å². The highest BCUT2D eigenvalue weighted by molar-refractivity contribution is 7.80. The molecule has 0 atom stereocenters. The highest BCUT2D eigenvalue weighted by Gasteiger charge is 2.13. The van der Waals surface area contributed by atoms with Crippen LogP contribution < -0.4 is 14.8 Å². The molecule has 0 aliphatic carbocycles. The third kappa shape index (κ3) is 5.97. The molecule has 4 nitrogen and oxygen atoms in total. The highest BCUT2D eigenvalue weighted by Crippen LogP contribution is 2.20. The summed E-state index contributed by atoms with van der Waals surface area (Å²) in [5, 5.41) is 4.05. The van der Waals surface area contributed by atoms with Gasteiger partial charge in [-0.1, -0.05) is 36.4 Å². The first-order valence-corrected chi connectivity index (χ1v) is 10.5. The molecular formula is C25H28N2O2S. The third-order valence-corrected chi connectivity index (χ3v) is 5.22. The van der Waals surface area contributed by atoms with Gasteiger partial charge in [-0.3, -0.25) is 0 Å². The number of ether oxygens (including phenoxy) is 2. The second-order valence-electron chi connectivity index (χ2n) is 7.02. The fraction of sp³-hybridized carbons (Fsp3) is 0.240. The molecule has 30 heavy (non-hydrogen) atoms. The number of methoxy groups -OCH3 is 1. The number of nitrogens with zero attached hydrogens (tertiary/aromatic N) is 1. The number of hydrogen-bond donors (Lipinski definition) is 1. The molecular weight excluding hydrogens is 392 g/mol. The van der Waals surface area contributed by atoms with Crippen LogP contribution in [0.5, 0.6) is 11.5 Å². The van der Waals surface area contributed by atoms with Gasteiger partial charge in [-0.15, -0.1) is 0 Å². The van der Waals surface area contributed by atoms with Gasteiger partial charge >= 0.3 is 0 Å². The Kier molecular flexibility index (Phi) is 7.69. The van der Waals surface area contributed by atoms with Gasteiger partial charge in [0.25, 0.3) is 0 Å². The summed E-state index contributed by atoms with van der Waals surface area (Å²) in [5.74, 6) is 1.70. The molecule has 3 rings (SSSR count). The van der Waals surface area contributed by atoms with Crippen molar-refractivity contribution in [1.82, 2.24) is 4.90 Å². The van der Waals surface area contributed by atoms with E-state index in [0.717, 1.165) is 23.7 Å². The van der Waals surface area contributed by atoms with Crippen molar-refractivity contribution in [2.24, 2.45) is 0 Å². The molecule has 0 saturated heterocycles. The van der Waals surface area contributed by atoms with Gasteiger partial charge in [0.2, 0.25) is 0 Å². The SMILES string of the molecule is CCOc1ccc(NC(=S)N(Cc2ccc(OC)cc2)Cc2ccccc2C)cc1. The summed E-state index contributed by atoms with van der Waals surface area (Å²) in [6, 6.07) is 24.4. The van der Waals surface area contributed by atoms with Crippen LogP contribution in [0.25, 0.3) is 0 Å². The quantitative estimate of drug-likeness (QED) is 0.466. The van der Waals surface area contributed by atoms with Crippen molar-refractivity contribution < 1.29 is 9.47 Å². The molecule has 0 radical (unpaired) electrons. The van der Waals surface area contributed by atoms with Gasteiger partial charge in [0, 0.05) is 18.8 Å². The molecule has 0 amide bonds. The lowest BCUT2D eigenvalue weighted by Crippen LogP contribution is -2.34. The normalized spacial score (nSPS) is 10.4. The van der Waals surface area contributed by atoms with E-state index >= 15 is 0 Å². The number of hydrogen-bond acceptors (Lipinski definition) is 3. The lowest BCUT2D eigenvalue weighted by molar-refractivity contribution is 0.340. The van der Waals surface area contributed by atoms with Crippen molar-refractivity contribution in [2.45, 2.75) is 26.9 Å². The molecule has 0 fully saturated rings. The van der Waals surface area contributed by atoms with Crippen molar-refractivity contribution in [3.63, 3.8) is 0 Å². The largest absolute Gasteiger partial charge is 0.497 e. The van der Waals surface area contributed by atoms with Gasteiger partial charge in [-0.25, -0.2) is 0 Å². The molecule has 5 heteroatoms. The maximum Gasteiger partial charge on any atom is 0.174 e. The standard InChI is InChI=1S/C25H28N2O2S/c1-4-29-24-15-11-22(12-16-24)26-25(30)27(18-21-8-6-5-7-19(21)2)17-20-9-13-23(28-3)14-10-20/h5-16H,4,17-18H2,1-3H3,(H,26,30). The van der Waals surface area contributed by atoms with Gasteiger partial charge in [0.05, 0.1) is 13.7 Å².